The largest absolute Gasteiger partial charge is 0.475 e. The Hall–Kier alpha value is -1.31. The summed E-state index contributed by atoms with van der Waals surface area (Å²) in [7, 11) is 0. The van der Waals surface area contributed by atoms with E-state index in [2.05, 4.69) is 45.9 Å². The molecule has 0 bridgehead atoms. The Morgan fingerprint density at radius 3 is 2.41 bits per heavy atom. The molecule has 2 heteroatoms. The highest BCUT2D eigenvalue weighted by Gasteiger charge is 2.26. The highest BCUT2D eigenvalue weighted by atomic mass is 16.5. The van der Waals surface area contributed by atoms with Gasteiger partial charge < -0.3 is 4.74 Å². The van der Waals surface area contributed by atoms with Crippen molar-refractivity contribution < 1.29 is 4.74 Å². The molecule has 0 aliphatic carbocycles. The topological polar surface area (TPSA) is 21.6 Å². The average Bonchev–Trinajstić information content (AvgIpc) is 2.22. The van der Waals surface area contributed by atoms with Crippen LogP contribution < -0.4 is 0 Å². The number of nitrogens with zero attached hydrogens (tertiary/aromatic N) is 1. The van der Waals surface area contributed by atoms with Crippen LogP contribution in [0.2, 0.25) is 0 Å². The fourth-order valence-corrected chi connectivity index (χ4v) is 2.27. The van der Waals surface area contributed by atoms with Crippen LogP contribution in [0.3, 0.4) is 0 Å². The minimum absolute atomic E-state index is 0.0618. The average molecular weight is 231 g/mol. The van der Waals surface area contributed by atoms with E-state index in [0.29, 0.717) is 0 Å². The number of benzene rings is 1. The first kappa shape index (κ1) is 12.2. The van der Waals surface area contributed by atoms with Gasteiger partial charge in [0.2, 0.25) is 0 Å². The molecule has 0 saturated carbocycles. The Morgan fingerprint density at radius 1 is 1.18 bits per heavy atom. The van der Waals surface area contributed by atoms with E-state index in [1.54, 1.807) is 0 Å². The minimum Gasteiger partial charge on any atom is -0.475 e. The van der Waals surface area contributed by atoms with Gasteiger partial charge in [-0.2, -0.15) is 0 Å². The summed E-state index contributed by atoms with van der Waals surface area (Å²) < 4.78 is 5.94. The molecule has 0 aromatic heterocycles. The molecule has 1 aromatic carbocycles. The minimum atomic E-state index is -0.0618. The molecular weight excluding hydrogens is 210 g/mol. The summed E-state index contributed by atoms with van der Waals surface area (Å²) in [6.07, 6.45) is 3.23. The molecule has 0 amide bonds. The van der Waals surface area contributed by atoms with Crippen LogP contribution in [0.1, 0.15) is 44.2 Å². The summed E-state index contributed by atoms with van der Waals surface area (Å²) in [6.45, 7) is 8.46. The maximum atomic E-state index is 5.94. The van der Waals surface area contributed by atoms with Crippen molar-refractivity contribution in [2.45, 2.75) is 52.6 Å². The molecule has 1 aliphatic heterocycles. The van der Waals surface area contributed by atoms with E-state index in [4.69, 9.17) is 9.73 Å². The van der Waals surface area contributed by atoms with Crippen molar-refractivity contribution in [3.63, 3.8) is 0 Å². The quantitative estimate of drug-likeness (QED) is 0.705. The van der Waals surface area contributed by atoms with Crippen molar-refractivity contribution in [1.82, 2.24) is 0 Å². The van der Waals surface area contributed by atoms with Crippen molar-refractivity contribution in [1.29, 1.82) is 0 Å². The highest BCUT2D eigenvalue weighted by molar-refractivity contribution is 5.81. The second kappa shape index (κ2) is 4.52. The fourth-order valence-electron chi connectivity index (χ4n) is 2.27. The van der Waals surface area contributed by atoms with Crippen LogP contribution in [0.25, 0.3) is 0 Å². The number of aryl methyl sites for hydroxylation is 2. The molecule has 92 valence electrons. The van der Waals surface area contributed by atoms with Crippen LogP contribution in [0.5, 0.6) is 0 Å². The molecule has 1 heterocycles. The maximum absolute atomic E-state index is 5.94. The number of ether oxygens (including phenoxy) is 1. The van der Waals surface area contributed by atoms with Crippen LogP contribution in [0.15, 0.2) is 23.2 Å². The highest BCUT2D eigenvalue weighted by Crippen LogP contribution is 2.29. The maximum Gasteiger partial charge on any atom is 0.188 e. The van der Waals surface area contributed by atoms with Gasteiger partial charge in [-0.3, -0.25) is 0 Å². The van der Waals surface area contributed by atoms with Gasteiger partial charge in [0, 0.05) is 6.42 Å². The number of rotatable bonds is 1. The molecule has 1 saturated heterocycles. The summed E-state index contributed by atoms with van der Waals surface area (Å²) >= 11 is 0. The Labute approximate surface area is 104 Å². The van der Waals surface area contributed by atoms with Gasteiger partial charge in [0.25, 0.3) is 0 Å². The molecule has 0 radical (unpaired) electrons. The molecule has 17 heavy (non-hydrogen) atoms. The van der Waals surface area contributed by atoms with E-state index in [1.165, 1.54) is 11.1 Å². The van der Waals surface area contributed by atoms with Crippen LogP contribution >= 0.6 is 0 Å². The van der Waals surface area contributed by atoms with E-state index in [1.807, 2.05) is 0 Å². The number of para-hydroxylation sites is 1. The van der Waals surface area contributed by atoms with Crippen LogP contribution in [0.4, 0.5) is 5.69 Å². The number of aliphatic imine (C=N–C) groups is 1. The first-order valence-electron chi connectivity index (χ1n) is 6.31. The second-order valence-corrected chi connectivity index (χ2v) is 5.46. The standard InChI is InChI=1S/C15H21NO/c1-11-7-5-8-12(2)14(11)16-13-9-6-10-15(3,4)17-13/h5,7-8H,6,9-10H2,1-4H3. The molecule has 0 unspecified atom stereocenters. The molecule has 2 rings (SSSR count). The van der Waals surface area contributed by atoms with Crippen molar-refractivity contribution in [2.75, 3.05) is 0 Å². The molecule has 1 fully saturated rings. The molecule has 0 N–H and O–H groups in total. The van der Waals surface area contributed by atoms with E-state index in [9.17, 15) is 0 Å². The zero-order valence-electron chi connectivity index (χ0n) is 11.2. The molecule has 1 aromatic rings. The normalized spacial score (nSPS) is 21.3. The number of hydrogen-bond donors (Lipinski definition) is 0. The zero-order chi connectivity index (χ0) is 12.5. The van der Waals surface area contributed by atoms with Gasteiger partial charge >= 0.3 is 0 Å². The fraction of sp³-hybridized carbons (Fsp3) is 0.533. The van der Waals surface area contributed by atoms with Gasteiger partial charge in [-0.1, -0.05) is 18.2 Å². The van der Waals surface area contributed by atoms with Crippen molar-refractivity contribution in [3.8, 4) is 0 Å². The molecule has 0 atom stereocenters. The third kappa shape index (κ3) is 2.87. The van der Waals surface area contributed by atoms with Gasteiger partial charge in [0.1, 0.15) is 5.60 Å². The van der Waals surface area contributed by atoms with Crippen molar-refractivity contribution >= 4 is 11.6 Å². The lowest BCUT2D eigenvalue weighted by Gasteiger charge is -2.31. The smallest absolute Gasteiger partial charge is 0.188 e. The Kier molecular flexibility index (Phi) is 3.23. The van der Waals surface area contributed by atoms with Crippen LogP contribution in [-0.4, -0.2) is 11.5 Å². The summed E-state index contributed by atoms with van der Waals surface area (Å²) in [5, 5.41) is 0. The van der Waals surface area contributed by atoms with Crippen molar-refractivity contribution in [2.24, 2.45) is 4.99 Å². The van der Waals surface area contributed by atoms with Crippen molar-refractivity contribution in [3.05, 3.63) is 29.3 Å². The summed E-state index contributed by atoms with van der Waals surface area (Å²) in [6, 6.07) is 6.26. The first-order valence-corrected chi connectivity index (χ1v) is 6.31. The van der Waals surface area contributed by atoms with Gasteiger partial charge in [-0.25, -0.2) is 4.99 Å². The summed E-state index contributed by atoms with van der Waals surface area (Å²) in [4.78, 5) is 4.71. The van der Waals surface area contributed by atoms with E-state index >= 15 is 0 Å². The van der Waals surface area contributed by atoms with Gasteiger partial charge in [-0.15, -0.1) is 0 Å². The second-order valence-electron chi connectivity index (χ2n) is 5.46. The van der Waals surface area contributed by atoms with E-state index < -0.39 is 0 Å². The molecule has 1 aliphatic rings. The Bertz CT molecular complexity index is 426. The van der Waals surface area contributed by atoms with E-state index in [0.717, 1.165) is 30.8 Å². The Morgan fingerprint density at radius 2 is 1.82 bits per heavy atom. The SMILES string of the molecule is Cc1cccc(C)c1N=C1CCCC(C)(C)O1. The predicted molar refractivity (Wildman–Crippen MR) is 72.0 cm³/mol. The van der Waals surface area contributed by atoms with Gasteiger partial charge in [0.15, 0.2) is 5.90 Å². The lowest BCUT2D eigenvalue weighted by molar-refractivity contribution is 0.0622. The summed E-state index contributed by atoms with van der Waals surface area (Å²) in [5.74, 6) is 0.888. The summed E-state index contributed by atoms with van der Waals surface area (Å²) in [5.41, 5.74) is 3.43. The molecule has 0 spiro atoms. The third-order valence-corrected chi connectivity index (χ3v) is 3.24. The zero-order valence-corrected chi connectivity index (χ0v) is 11.2. The van der Waals surface area contributed by atoms with Crippen LogP contribution in [-0.2, 0) is 4.74 Å². The lowest BCUT2D eigenvalue weighted by Crippen LogP contribution is -2.32. The number of hydrogen-bond acceptors (Lipinski definition) is 2. The third-order valence-electron chi connectivity index (χ3n) is 3.24. The lowest BCUT2D eigenvalue weighted by atomic mass is 9.98. The Balaban J connectivity index is 2.30. The van der Waals surface area contributed by atoms with Gasteiger partial charge in [0.05, 0.1) is 5.69 Å². The van der Waals surface area contributed by atoms with Crippen LogP contribution in [0, 0.1) is 13.8 Å². The molecule has 2 nitrogen and oxygen atoms in total. The van der Waals surface area contributed by atoms with Gasteiger partial charge in [-0.05, 0) is 51.7 Å². The molecular formula is C15H21NO. The van der Waals surface area contributed by atoms with E-state index in [-0.39, 0.29) is 5.60 Å². The predicted octanol–water partition coefficient (Wildman–Crippen LogP) is 4.31. The first-order chi connectivity index (χ1) is 7.98. The monoisotopic (exact) mass is 231 g/mol.